The molecule has 170 valence electrons. The first kappa shape index (κ1) is 21.9. The van der Waals surface area contributed by atoms with Gasteiger partial charge in [0.1, 0.15) is 0 Å². The zero-order chi connectivity index (χ0) is 22.0. The molecule has 1 aliphatic carbocycles. The van der Waals surface area contributed by atoms with Gasteiger partial charge in [-0.3, -0.25) is 14.5 Å². The van der Waals surface area contributed by atoms with Crippen LogP contribution in [0.4, 0.5) is 5.69 Å². The van der Waals surface area contributed by atoms with Gasteiger partial charge in [-0.2, -0.15) is 0 Å². The first-order chi connectivity index (χ1) is 14.8. The minimum atomic E-state index is -0.159. The van der Waals surface area contributed by atoms with Crippen molar-refractivity contribution in [3.05, 3.63) is 18.2 Å². The standard InChI is InChI=1S/C24H35N3O4/c1-24(2,3)15-21(28)26-10-12-27(13-11-26)22(17-6-4-5-7-17)23(29)25-18-8-9-19-20(14-18)31-16-30-19/h8-9,14,17,22H,4-7,10-13,15-16H2,1-3H3,(H,25,29). The minimum Gasteiger partial charge on any atom is -0.454 e. The Morgan fingerprint density at radius 2 is 1.74 bits per heavy atom. The van der Waals surface area contributed by atoms with Gasteiger partial charge in [0.2, 0.25) is 18.6 Å². The molecule has 1 aromatic carbocycles. The van der Waals surface area contributed by atoms with Gasteiger partial charge < -0.3 is 19.7 Å². The molecule has 2 fully saturated rings. The third-order valence-corrected chi connectivity index (χ3v) is 6.50. The lowest BCUT2D eigenvalue weighted by Crippen LogP contribution is -2.57. The number of piperazine rings is 1. The van der Waals surface area contributed by atoms with E-state index < -0.39 is 0 Å². The van der Waals surface area contributed by atoms with E-state index in [9.17, 15) is 9.59 Å². The van der Waals surface area contributed by atoms with Crippen LogP contribution in [0.15, 0.2) is 18.2 Å². The average molecular weight is 430 g/mol. The molecule has 1 aromatic rings. The maximum atomic E-state index is 13.4. The molecular weight excluding hydrogens is 394 g/mol. The summed E-state index contributed by atoms with van der Waals surface area (Å²) >= 11 is 0. The van der Waals surface area contributed by atoms with Crippen LogP contribution in [0.3, 0.4) is 0 Å². The predicted molar refractivity (Wildman–Crippen MR) is 119 cm³/mol. The summed E-state index contributed by atoms with van der Waals surface area (Å²) < 4.78 is 10.8. The monoisotopic (exact) mass is 429 g/mol. The zero-order valence-electron chi connectivity index (χ0n) is 19.0. The van der Waals surface area contributed by atoms with Gasteiger partial charge in [0.15, 0.2) is 11.5 Å². The van der Waals surface area contributed by atoms with Gasteiger partial charge in [-0.15, -0.1) is 0 Å². The Morgan fingerprint density at radius 1 is 1.06 bits per heavy atom. The van der Waals surface area contributed by atoms with Crippen molar-refractivity contribution >= 4 is 17.5 Å². The number of carbonyl (C=O) groups is 2. The van der Waals surface area contributed by atoms with E-state index in [1.807, 2.05) is 23.1 Å². The maximum Gasteiger partial charge on any atom is 0.242 e. The van der Waals surface area contributed by atoms with Crippen molar-refractivity contribution in [3.8, 4) is 11.5 Å². The van der Waals surface area contributed by atoms with E-state index in [0.717, 1.165) is 31.6 Å². The van der Waals surface area contributed by atoms with Gasteiger partial charge >= 0.3 is 0 Å². The quantitative estimate of drug-likeness (QED) is 0.776. The summed E-state index contributed by atoms with van der Waals surface area (Å²) in [5.74, 6) is 2.00. The molecule has 0 spiro atoms. The third-order valence-electron chi connectivity index (χ3n) is 6.50. The second-order valence-corrected chi connectivity index (χ2v) is 10.2. The Labute approximate surface area is 185 Å². The molecule has 4 rings (SSSR count). The first-order valence-corrected chi connectivity index (χ1v) is 11.5. The molecule has 0 bridgehead atoms. The van der Waals surface area contributed by atoms with Gasteiger partial charge in [-0.25, -0.2) is 0 Å². The van der Waals surface area contributed by atoms with E-state index in [2.05, 4.69) is 31.0 Å². The van der Waals surface area contributed by atoms with Gasteiger partial charge in [0.25, 0.3) is 0 Å². The minimum absolute atomic E-state index is 0.00883. The Bertz CT molecular complexity index is 806. The van der Waals surface area contributed by atoms with Crippen LogP contribution in [0, 0.1) is 11.3 Å². The molecule has 1 atom stereocenters. The van der Waals surface area contributed by atoms with Crippen molar-refractivity contribution < 1.29 is 19.1 Å². The Kier molecular flexibility index (Phi) is 6.42. The molecule has 1 N–H and O–H groups in total. The van der Waals surface area contributed by atoms with Crippen molar-refractivity contribution in [3.63, 3.8) is 0 Å². The normalized spacial score (nSPS) is 20.7. The summed E-state index contributed by atoms with van der Waals surface area (Å²) in [6, 6.07) is 5.37. The molecular formula is C24H35N3O4. The van der Waals surface area contributed by atoms with Crippen LogP contribution in [0.1, 0.15) is 52.9 Å². The van der Waals surface area contributed by atoms with Gasteiger partial charge in [-0.1, -0.05) is 33.6 Å². The van der Waals surface area contributed by atoms with Crippen molar-refractivity contribution in [1.29, 1.82) is 0 Å². The van der Waals surface area contributed by atoms with E-state index >= 15 is 0 Å². The third kappa shape index (κ3) is 5.32. The highest BCUT2D eigenvalue weighted by Gasteiger charge is 2.37. The molecule has 7 nitrogen and oxygen atoms in total. The number of ether oxygens (including phenoxy) is 2. The van der Waals surface area contributed by atoms with Gasteiger partial charge in [0, 0.05) is 44.4 Å². The lowest BCUT2D eigenvalue weighted by molar-refractivity contribution is -0.136. The van der Waals surface area contributed by atoms with E-state index in [1.54, 1.807) is 0 Å². The van der Waals surface area contributed by atoms with Gasteiger partial charge in [-0.05, 0) is 36.3 Å². The number of amides is 2. The summed E-state index contributed by atoms with van der Waals surface area (Å²) in [5.41, 5.74) is 0.724. The lowest BCUT2D eigenvalue weighted by atomic mass is 9.91. The molecule has 0 aromatic heterocycles. The highest BCUT2D eigenvalue weighted by atomic mass is 16.7. The van der Waals surface area contributed by atoms with E-state index in [-0.39, 0.29) is 30.1 Å². The van der Waals surface area contributed by atoms with E-state index in [1.165, 1.54) is 12.8 Å². The largest absolute Gasteiger partial charge is 0.454 e. The zero-order valence-corrected chi connectivity index (χ0v) is 19.0. The number of nitrogens with one attached hydrogen (secondary N) is 1. The van der Waals surface area contributed by atoms with E-state index in [0.29, 0.717) is 36.9 Å². The maximum absolute atomic E-state index is 13.4. The molecule has 1 saturated carbocycles. The molecule has 0 radical (unpaired) electrons. The number of benzene rings is 1. The summed E-state index contributed by atoms with van der Waals surface area (Å²) in [4.78, 5) is 30.3. The SMILES string of the molecule is CC(C)(C)CC(=O)N1CCN(C(C(=O)Nc2ccc3c(c2)OCO3)C2CCCC2)CC1. The van der Waals surface area contributed by atoms with E-state index in [4.69, 9.17) is 9.47 Å². The summed E-state index contributed by atoms with van der Waals surface area (Å²) in [6.07, 6.45) is 5.10. The predicted octanol–water partition coefficient (Wildman–Crippen LogP) is 3.49. The number of anilines is 1. The fourth-order valence-electron chi connectivity index (χ4n) is 4.96. The Morgan fingerprint density at radius 3 is 2.42 bits per heavy atom. The van der Waals surface area contributed by atoms with Crippen LogP contribution < -0.4 is 14.8 Å². The highest BCUT2D eigenvalue weighted by molar-refractivity contribution is 5.95. The summed E-state index contributed by atoms with van der Waals surface area (Å²) in [5, 5.41) is 3.11. The number of hydrogen-bond donors (Lipinski definition) is 1. The highest BCUT2D eigenvalue weighted by Crippen LogP contribution is 2.35. The van der Waals surface area contributed by atoms with Crippen LogP contribution in [-0.4, -0.2) is 60.6 Å². The first-order valence-electron chi connectivity index (χ1n) is 11.5. The Balaban J connectivity index is 1.41. The molecule has 1 unspecified atom stereocenters. The molecule has 2 heterocycles. The van der Waals surface area contributed by atoms with Crippen molar-refractivity contribution in [2.45, 2.75) is 58.9 Å². The van der Waals surface area contributed by atoms with Crippen LogP contribution in [0.2, 0.25) is 0 Å². The van der Waals surface area contributed by atoms with Crippen molar-refractivity contribution in [2.24, 2.45) is 11.3 Å². The summed E-state index contributed by atoms with van der Waals surface area (Å²) in [7, 11) is 0. The Hall–Kier alpha value is -2.28. The molecule has 2 aliphatic heterocycles. The molecule has 31 heavy (non-hydrogen) atoms. The van der Waals surface area contributed by atoms with Crippen LogP contribution in [0.5, 0.6) is 11.5 Å². The lowest BCUT2D eigenvalue weighted by Gasteiger charge is -2.41. The van der Waals surface area contributed by atoms with Crippen molar-refractivity contribution in [2.75, 3.05) is 38.3 Å². The number of fused-ring (bicyclic) bond motifs is 1. The van der Waals surface area contributed by atoms with Crippen molar-refractivity contribution in [1.82, 2.24) is 9.80 Å². The molecule has 1 saturated heterocycles. The number of rotatable bonds is 5. The number of nitrogens with zero attached hydrogens (tertiary/aromatic N) is 2. The smallest absolute Gasteiger partial charge is 0.242 e. The molecule has 2 amide bonds. The number of hydrogen-bond acceptors (Lipinski definition) is 5. The van der Waals surface area contributed by atoms with Gasteiger partial charge in [0.05, 0.1) is 6.04 Å². The molecule has 3 aliphatic rings. The van der Waals surface area contributed by atoms with Crippen LogP contribution >= 0.6 is 0 Å². The fourth-order valence-corrected chi connectivity index (χ4v) is 4.96. The fraction of sp³-hybridized carbons (Fsp3) is 0.667. The average Bonchev–Trinajstić information content (AvgIpc) is 3.39. The topological polar surface area (TPSA) is 71.1 Å². The second kappa shape index (κ2) is 9.07. The van der Waals surface area contributed by atoms with Crippen LogP contribution in [0.25, 0.3) is 0 Å². The second-order valence-electron chi connectivity index (χ2n) is 10.2. The number of carbonyl (C=O) groups excluding carboxylic acids is 2. The summed E-state index contributed by atoms with van der Waals surface area (Å²) in [6.45, 7) is 9.37. The molecule has 7 heteroatoms. The van der Waals surface area contributed by atoms with Crippen LogP contribution in [-0.2, 0) is 9.59 Å².